The molecule has 25 heavy (non-hydrogen) atoms. The van der Waals surface area contributed by atoms with Crippen LogP contribution < -0.4 is 5.32 Å². The zero-order valence-electron chi connectivity index (χ0n) is 13.3. The fraction of sp³-hybridized carbons (Fsp3) is 0.188. The van der Waals surface area contributed by atoms with Gasteiger partial charge in [0, 0.05) is 12.6 Å². The molecule has 0 saturated heterocycles. The predicted molar refractivity (Wildman–Crippen MR) is 85.5 cm³/mol. The fourth-order valence-corrected chi connectivity index (χ4v) is 2.41. The van der Waals surface area contributed by atoms with Gasteiger partial charge in [0.05, 0.1) is 18.4 Å². The third kappa shape index (κ3) is 2.75. The number of hydrogen-bond acceptors (Lipinski definition) is 7. The second-order valence-electron chi connectivity index (χ2n) is 5.26. The fourth-order valence-electron chi connectivity index (χ4n) is 2.41. The molecule has 4 rings (SSSR count). The summed E-state index contributed by atoms with van der Waals surface area (Å²) in [5.41, 5.74) is 1.27. The number of aryl methyl sites for hydroxylation is 1. The second-order valence-corrected chi connectivity index (χ2v) is 5.26. The van der Waals surface area contributed by atoms with E-state index < -0.39 is 0 Å². The first-order valence-corrected chi connectivity index (χ1v) is 7.73. The predicted octanol–water partition coefficient (Wildman–Crippen LogP) is 1.86. The lowest BCUT2D eigenvalue weighted by Gasteiger charge is -2.03. The summed E-state index contributed by atoms with van der Waals surface area (Å²) in [4.78, 5) is 16.3. The van der Waals surface area contributed by atoms with Gasteiger partial charge in [-0.1, -0.05) is 12.1 Å². The quantitative estimate of drug-likeness (QED) is 0.591. The van der Waals surface area contributed by atoms with Crippen LogP contribution in [0.1, 0.15) is 29.1 Å². The average Bonchev–Trinajstić information content (AvgIpc) is 3.39. The monoisotopic (exact) mass is 338 g/mol. The van der Waals surface area contributed by atoms with Crippen molar-refractivity contribution in [2.75, 3.05) is 0 Å². The van der Waals surface area contributed by atoms with Crippen LogP contribution in [0.2, 0.25) is 0 Å². The largest absolute Gasteiger partial charge is 0.459 e. The van der Waals surface area contributed by atoms with E-state index in [-0.39, 0.29) is 18.2 Å². The number of aromatic nitrogens is 5. The van der Waals surface area contributed by atoms with Crippen LogP contribution in [0.3, 0.4) is 0 Å². The molecule has 4 heterocycles. The van der Waals surface area contributed by atoms with Gasteiger partial charge in [-0.25, -0.2) is 0 Å². The lowest BCUT2D eigenvalue weighted by atomic mass is 10.2. The molecule has 1 N–H and O–H groups in total. The molecule has 4 aromatic rings. The highest BCUT2D eigenvalue weighted by atomic mass is 16.5. The molecule has 0 aliphatic heterocycles. The maximum Gasteiger partial charge on any atom is 0.287 e. The van der Waals surface area contributed by atoms with Crippen molar-refractivity contribution in [1.82, 2.24) is 30.1 Å². The summed E-state index contributed by atoms with van der Waals surface area (Å²) in [6, 6.07) is 6.92. The van der Waals surface area contributed by atoms with Crippen LogP contribution in [-0.2, 0) is 13.0 Å². The van der Waals surface area contributed by atoms with Gasteiger partial charge in [-0.2, -0.15) is 4.98 Å². The van der Waals surface area contributed by atoms with Crippen LogP contribution >= 0.6 is 0 Å². The molecule has 0 atom stereocenters. The summed E-state index contributed by atoms with van der Waals surface area (Å²) in [6.45, 7) is 2.15. The molecule has 0 radical (unpaired) electrons. The van der Waals surface area contributed by atoms with Gasteiger partial charge < -0.3 is 14.3 Å². The molecule has 0 aliphatic carbocycles. The van der Waals surface area contributed by atoms with Crippen molar-refractivity contribution in [3.63, 3.8) is 0 Å². The number of furan rings is 1. The van der Waals surface area contributed by atoms with E-state index >= 15 is 0 Å². The normalized spacial score (nSPS) is 11.1. The van der Waals surface area contributed by atoms with E-state index in [1.165, 1.54) is 6.26 Å². The van der Waals surface area contributed by atoms with E-state index in [2.05, 4.69) is 25.7 Å². The minimum atomic E-state index is -0.317. The van der Waals surface area contributed by atoms with Gasteiger partial charge in [0.15, 0.2) is 23.1 Å². The smallest absolute Gasteiger partial charge is 0.287 e. The lowest BCUT2D eigenvalue weighted by Crippen LogP contribution is -2.23. The maximum absolute atomic E-state index is 12.0. The number of hydrogen-bond donors (Lipinski definition) is 1. The van der Waals surface area contributed by atoms with Crippen molar-refractivity contribution in [3.05, 3.63) is 54.1 Å². The van der Waals surface area contributed by atoms with Gasteiger partial charge in [0.1, 0.15) is 0 Å². The molecular weight excluding hydrogens is 324 g/mol. The van der Waals surface area contributed by atoms with Crippen molar-refractivity contribution in [2.45, 2.75) is 19.9 Å². The zero-order valence-corrected chi connectivity index (χ0v) is 13.3. The number of amides is 1. The van der Waals surface area contributed by atoms with Crippen molar-refractivity contribution >= 4 is 11.6 Å². The van der Waals surface area contributed by atoms with E-state index in [4.69, 9.17) is 8.94 Å². The highest BCUT2D eigenvalue weighted by molar-refractivity contribution is 5.91. The first kappa shape index (κ1) is 15.1. The standard InChI is InChI=1S/C16H14N6O3/c1-2-12-18-16(25-21-12)10-5-3-7-22-13(19-20-14(10)22)9-17-15(23)11-6-4-8-24-11/h3-8H,2,9H2,1H3,(H,17,23). The molecule has 0 spiro atoms. The van der Waals surface area contributed by atoms with Crippen LogP contribution in [0.25, 0.3) is 17.1 Å². The Balaban J connectivity index is 1.61. The number of rotatable bonds is 5. The van der Waals surface area contributed by atoms with Crippen molar-refractivity contribution < 1.29 is 13.7 Å². The summed E-state index contributed by atoms with van der Waals surface area (Å²) in [5, 5.41) is 15.0. The summed E-state index contributed by atoms with van der Waals surface area (Å²) < 4.78 is 12.1. The average molecular weight is 338 g/mol. The van der Waals surface area contributed by atoms with Crippen molar-refractivity contribution in [2.24, 2.45) is 0 Å². The SMILES string of the molecule is CCc1noc(-c2cccn3c(CNC(=O)c4ccco4)nnc23)n1. The Kier molecular flexibility index (Phi) is 3.73. The number of nitrogens with one attached hydrogen (secondary N) is 1. The lowest BCUT2D eigenvalue weighted by molar-refractivity contribution is 0.0922. The molecule has 0 saturated carbocycles. The summed E-state index contributed by atoms with van der Waals surface area (Å²) in [7, 11) is 0. The third-order valence-electron chi connectivity index (χ3n) is 3.67. The minimum absolute atomic E-state index is 0.203. The third-order valence-corrected chi connectivity index (χ3v) is 3.67. The highest BCUT2D eigenvalue weighted by Gasteiger charge is 2.16. The maximum atomic E-state index is 12.0. The molecule has 0 bridgehead atoms. The van der Waals surface area contributed by atoms with Gasteiger partial charge in [0.25, 0.3) is 11.8 Å². The first-order valence-electron chi connectivity index (χ1n) is 7.73. The number of pyridine rings is 1. The summed E-state index contributed by atoms with van der Waals surface area (Å²) >= 11 is 0. The number of fused-ring (bicyclic) bond motifs is 1. The van der Waals surface area contributed by atoms with Crippen LogP contribution in [0, 0.1) is 0 Å². The van der Waals surface area contributed by atoms with E-state index in [0.717, 1.165) is 0 Å². The molecule has 126 valence electrons. The Morgan fingerprint density at radius 3 is 2.96 bits per heavy atom. The Morgan fingerprint density at radius 1 is 1.28 bits per heavy atom. The van der Waals surface area contributed by atoms with Gasteiger partial charge in [0.2, 0.25) is 0 Å². The topological polar surface area (TPSA) is 111 Å². The molecular formula is C16H14N6O3. The molecule has 0 aromatic carbocycles. The summed E-state index contributed by atoms with van der Waals surface area (Å²) in [5.74, 6) is 1.52. The Morgan fingerprint density at radius 2 is 2.20 bits per heavy atom. The van der Waals surface area contributed by atoms with E-state index in [0.29, 0.717) is 35.2 Å². The van der Waals surface area contributed by atoms with Crippen molar-refractivity contribution in [3.8, 4) is 11.5 Å². The molecule has 9 nitrogen and oxygen atoms in total. The van der Waals surface area contributed by atoms with Crippen LogP contribution in [0.5, 0.6) is 0 Å². The molecule has 0 fully saturated rings. The van der Waals surface area contributed by atoms with Gasteiger partial charge >= 0.3 is 0 Å². The van der Waals surface area contributed by atoms with E-state index in [1.54, 1.807) is 16.5 Å². The van der Waals surface area contributed by atoms with Crippen LogP contribution in [-0.4, -0.2) is 30.6 Å². The van der Waals surface area contributed by atoms with Crippen molar-refractivity contribution in [1.29, 1.82) is 0 Å². The van der Waals surface area contributed by atoms with Gasteiger partial charge in [-0.15, -0.1) is 10.2 Å². The molecule has 1 amide bonds. The Bertz CT molecular complexity index is 1020. The number of carbonyl (C=O) groups is 1. The van der Waals surface area contributed by atoms with E-state index in [9.17, 15) is 4.79 Å². The molecule has 0 unspecified atom stereocenters. The Hall–Kier alpha value is -3.49. The molecule has 4 aromatic heterocycles. The summed E-state index contributed by atoms with van der Waals surface area (Å²) in [6.07, 6.45) is 3.94. The van der Waals surface area contributed by atoms with Gasteiger partial charge in [-0.3, -0.25) is 9.20 Å². The first-order chi connectivity index (χ1) is 12.3. The van der Waals surface area contributed by atoms with Gasteiger partial charge in [-0.05, 0) is 24.3 Å². The Labute approximate surface area is 141 Å². The number of carbonyl (C=O) groups excluding carboxylic acids is 1. The van der Waals surface area contributed by atoms with E-state index in [1.807, 2.05) is 25.3 Å². The molecule has 9 heteroatoms. The minimum Gasteiger partial charge on any atom is -0.459 e. The highest BCUT2D eigenvalue weighted by Crippen LogP contribution is 2.22. The zero-order chi connectivity index (χ0) is 17.2. The second kappa shape index (κ2) is 6.19. The van der Waals surface area contributed by atoms with Crippen LogP contribution in [0.15, 0.2) is 45.7 Å². The van der Waals surface area contributed by atoms with Crippen LogP contribution in [0.4, 0.5) is 0 Å². The molecule has 0 aliphatic rings. The number of nitrogens with zero attached hydrogens (tertiary/aromatic N) is 5.